The summed E-state index contributed by atoms with van der Waals surface area (Å²) in [6, 6.07) is 3.73. The highest BCUT2D eigenvalue weighted by atomic mass is 16.5. The van der Waals surface area contributed by atoms with Gasteiger partial charge in [-0.15, -0.1) is 0 Å². The molecule has 1 amide bonds. The van der Waals surface area contributed by atoms with E-state index in [0.29, 0.717) is 29.7 Å². The van der Waals surface area contributed by atoms with Crippen molar-refractivity contribution in [2.75, 3.05) is 54.6 Å². The van der Waals surface area contributed by atoms with Gasteiger partial charge < -0.3 is 29.7 Å². The van der Waals surface area contributed by atoms with Gasteiger partial charge in [0.2, 0.25) is 11.7 Å². The molecule has 0 aromatic heterocycles. The summed E-state index contributed by atoms with van der Waals surface area (Å²) in [5.74, 6) is 2.21. The number of hydrogen-bond acceptors (Lipinski definition) is 6. The molecule has 2 atom stereocenters. The van der Waals surface area contributed by atoms with Crippen molar-refractivity contribution in [3.8, 4) is 17.2 Å². The number of methoxy groups -OCH3 is 3. The fourth-order valence-corrected chi connectivity index (χ4v) is 4.09. The topological polar surface area (TPSA) is 72.1 Å². The number of carbonyl (C=O) groups excluding carboxylic acids is 1. The van der Waals surface area contributed by atoms with Gasteiger partial charge in [-0.1, -0.05) is 0 Å². The van der Waals surface area contributed by atoms with Gasteiger partial charge in [-0.2, -0.15) is 0 Å². The molecule has 0 aliphatic carbocycles. The standard InChI is InChI=1S/C18H27N3O4/c1-21-9-13-8-19-10-18(13,11-21)17(22)20-7-12-5-14(23-2)16(25-4)15(6-12)24-3/h5-6,13,19H,7-11H2,1-4H3,(H,20,22)/t13-,18-/m0/s1. The molecule has 25 heavy (non-hydrogen) atoms. The minimum atomic E-state index is -0.324. The van der Waals surface area contributed by atoms with E-state index in [1.807, 2.05) is 12.1 Å². The average Bonchev–Trinajstić information content (AvgIpc) is 3.15. The van der Waals surface area contributed by atoms with Crippen LogP contribution in [0.2, 0.25) is 0 Å². The van der Waals surface area contributed by atoms with Crippen LogP contribution in [0.1, 0.15) is 5.56 Å². The van der Waals surface area contributed by atoms with Gasteiger partial charge in [-0.3, -0.25) is 4.79 Å². The van der Waals surface area contributed by atoms with Crippen LogP contribution in [0, 0.1) is 11.3 Å². The van der Waals surface area contributed by atoms with Crippen LogP contribution < -0.4 is 24.8 Å². The van der Waals surface area contributed by atoms with Crippen LogP contribution in [0.3, 0.4) is 0 Å². The van der Waals surface area contributed by atoms with Gasteiger partial charge in [0.25, 0.3) is 0 Å². The lowest BCUT2D eigenvalue weighted by atomic mass is 9.80. The minimum Gasteiger partial charge on any atom is -0.493 e. The highest BCUT2D eigenvalue weighted by Gasteiger charge is 2.53. The Morgan fingerprint density at radius 1 is 1.28 bits per heavy atom. The summed E-state index contributed by atoms with van der Waals surface area (Å²) in [4.78, 5) is 15.2. The molecule has 2 aliphatic heterocycles. The number of rotatable bonds is 6. The number of carbonyl (C=O) groups is 1. The van der Waals surface area contributed by atoms with Crippen LogP contribution in [0.4, 0.5) is 0 Å². The Labute approximate surface area is 148 Å². The molecule has 3 rings (SSSR count). The molecule has 0 unspecified atom stereocenters. The first-order valence-corrected chi connectivity index (χ1v) is 8.50. The number of likely N-dealkylation sites (tertiary alicyclic amines) is 1. The lowest BCUT2D eigenvalue weighted by molar-refractivity contribution is -0.130. The summed E-state index contributed by atoms with van der Waals surface area (Å²) in [5.41, 5.74) is 0.586. The Morgan fingerprint density at radius 3 is 2.56 bits per heavy atom. The van der Waals surface area contributed by atoms with E-state index in [1.165, 1.54) is 0 Å². The minimum absolute atomic E-state index is 0.112. The van der Waals surface area contributed by atoms with Crippen LogP contribution in [-0.2, 0) is 11.3 Å². The first kappa shape index (κ1) is 17.8. The third kappa shape index (κ3) is 3.14. The van der Waals surface area contributed by atoms with E-state index in [-0.39, 0.29) is 11.3 Å². The summed E-state index contributed by atoms with van der Waals surface area (Å²) in [6.45, 7) is 3.83. The Kier molecular flexibility index (Phi) is 5.06. The van der Waals surface area contributed by atoms with Crippen LogP contribution in [0.5, 0.6) is 17.2 Å². The molecule has 7 heteroatoms. The largest absolute Gasteiger partial charge is 0.493 e. The zero-order chi connectivity index (χ0) is 18.0. The van der Waals surface area contributed by atoms with Crippen molar-refractivity contribution in [2.24, 2.45) is 11.3 Å². The van der Waals surface area contributed by atoms with Gasteiger partial charge in [-0.05, 0) is 24.7 Å². The molecule has 138 valence electrons. The highest BCUT2D eigenvalue weighted by molar-refractivity contribution is 5.84. The lowest BCUT2D eigenvalue weighted by Gasteiger charge is -2.26. The summed E-state index contributed by atoms with van der Waals surface area (Å²) in [6.07, 6.45) is 0. The van der Waals surface area contributed by atoms with Crippen molar-refractivity contribution in [2.45, 2.75) is 6.54 Å². The van der Waals surface area contributed by atoms with Crippen molar-refractivity contribution >= 4 is 5.91 Å². The molecule has 0 radical (unpaired) electrons. The SMILES string of the molecule is COc1cc(CNC(=O)[C@]23CNC[C@H]2CN(C)C3)cc(OC)c1OC. The third-order valence-electron chi connectivity index (χ3n) is 5.33. The Morgan fingerprint density at radius 2 is 1.96 bits per heavy atom. The van der Waals surface area contributed by atoms with Gasteiger partial charge >= 0.3 is 0 Å². The van der Waals surface area contributed by atoms with Crippen molar-refractivity contribution in [1.82, 2.24) is 15.5 Å². The Bertz CT molecular complexity index is 626. The monoisotopic (exact) mass is 349 g/mol. The molecular weight excluding hydrogens is 322 g/mol. The normalized spacial score (nSPS) is 25.5. The zero-order valence-corrected chi connectivity index (χ0v) is 15.3. The van der Waals surface area contributed by atoms with Crippen molar-refractivity contribution in [3.63, 3.8) is 0 Å². The summed E-state index contributed by atoms with van der Waals surface area (Å²) in [5, 5.41) is 6.48. The summed E-state index contributed by atoms with van der Waals surface area (Å²) in [7, 11) is 6.82. The van der Waals surface area contributed by atoms with Gasteiger partial charge in [0.1, 0.15) is 0 Å². The van der Waals surface area contributed by atoms with Crippen LogP contribution in [0.15, 0.2) is 12.1 Å². The molecule has 0 bridgehead atoms. The number of benzene rings is 1. The molecular formula is C18H27N3O4. The molecule has 1 aromatic carbocycles. The van der Waals surface area contributed by atoms with E-state index in [9.17, 15) is 4.79 Å². The fraction of sp³-hybridized carbons (Fsp3) is 0.611. The first-order valence-electron chi connectivity index (χ1n) is 8.50. The predicted octanol–water partition coefficient (Wildman–Crippen LogP) is 0.480. The van der Waals surface area contributed by atoms with Crippen molar-refractivity contribution in [1.29, 1.82) is 0 Å². The van der Waals surface area contributed by atoms with E-state index in [4.69, 9.17) is 14.2 Å². The molecule has 2 heterocycles. The number of hydrogen-bond donors (Lipinski definition) is 2. The molecule has 0 saturated carbocycles. The predicted molar refractivity (Wildman–Crippen MR) is 94.2 cm³/mol. The van der Waals surface area contributed by atoms with Crippen molar-refractivity contribution < 1.29 is 19.0 Å². The second-order valence-corrected chi connectivity index (χ2v) is 6.90. The smallest absolute Gasteiger partial charge is 0.229 e. The van der Waals surface area contributed by atoms with Crippen LogP contribution in [0.25, 0.3) is 0 Å². The number of fused-ring (bicyclic) bond motifs is 1. The van der Waals surface area contributed by atoms with E-state index in [0.717, 1.165) is 31.7 Å². The maximum absolute atomic E-state index is 12.9. The van der Waals surface area contributed by atoms with E-state index in [1.54, 1.807) is 21.3 Å². The van der Waals surface area contributed by atoms with E-state index < -0.39 is 0 Å². The second kappa shape index (κ2) is 7.09. The van der Waals surface area contributed by atoms with E-state index in [2.05, 4.69) is 22.6 Å². The number of nitrogens with zero attached hydrogens (tertiary/aromatic N) is 1. The second-order valence-electron chi connectivity index (χ2n) is 6.90. The van der Waals surface area contributed by atoms with Crippen molar-refractivity contribution in [3.05, 3.63) is 17.7 Å². The molecule has 2 saturated heterocycles. The van der Waals surface area contributed by atoms with Gasteiger partial charge in [0, 0.05) is 38.6 Å². The van der Waals surface area contributed by atoms with Gasteiger partial charge in [0.05, 0.1) is 26.7 Å². The molecule has 0 spiro atoms. The number of amides is 1. The van der Waals surface area contributed by atoms with Crippen LogP contribution in [-0.4, -0.2) is 65.4 Å². The Hall–Kier alpha value is -1.99. The first-order chi connectivity index (χ1) is 12.0. The quantitative estimate of drug-likeness (QED) is 0.778. The average molecular weight is 349 g/mol. The maximum atomic E-state index is 12.9. The lowest BCUT2D eigenvalue weighted by Crippen LogP contribution is -2.46. The maximum Gasteiger partial charge on any atom is 0.229 e. The molecule has 2 aliphatic rings. The summed E-state index contributed by atoms with van der Waals surface area (Å²) < 4.78 is 16.1. The highest BCUT2D eigenvalue weighted by Crippen LogP contribution is 2.40. The molecule has 1 aromatic rings. The Balaban J connectivity index is 1.74. The van der Waals surface area contributed by atoms with Gasteiger partial charge in [0.15, 0.2) is 11.5 Å². The molecule has 7 nitrogen and oxygen atoms in total. The zero-order valence-electron chi connectivity index (χ0n) is 15.3. The molecule has 2 N–H and O–H groups in total. The summed E-state index contributed by atoms with van der Waals surface area (Å²) >= 11 is 0. The number of ether oxygens (including phenoxy) is 3. The fourth-order valence-electron chi connectivity index (χ4n) is 4.09. The van der Waals surface area contributed by atoms with Gasteiger partial charge in [-0.25, -0.2) is 0 Å². The number of nitrogens with one attached hydrogen (secondary N) is 2. The third-order valence-corrected chi connectivity index (χ3v) is 5.33. The van der Waals surface area contributed by atoms with Crippen LogP contribution >= 0.6 is 0 Å². The molecule has 2 fully saturated rings. The van der Waals surface area contributed by atoms with E-state index >= 15 is 0 Å².